The number of anilines is 1. The first-order chi connectivity index (χ1) is 17.5. The Bertz CT molecular complexity index is 1400. The monoisotopic (exact) mass is 552 g/mol. The number of hydrogen-bond donors (Lipinski definition) is 0. The summed E-state index contributed by atoms with van der Waals surface area (Å²) in [5.41, 5.74) is -1.46. The van der Waals surface area contributed by atoms with Crippen LogP contribution >= 0.6 is 22.9 Å². The maximum absolute atomic E-state index is 13.2. The molecule has 2 aliphatic heterocycles. The molecule has 0 bridgehead atoms. The first kappa shape index (κ1) is 25.9. The molecule has 0 unspecified atom stereocenters. The van der Waals surface area contributed by atoms with Crippen LogP contribution in [-0.4, -0.2) is 41.0 Å². The van der Waals surface area contributed by atoms with Crippen molar-refractivity contribution >= 4 is 43.8 Å². The Morgan fingerprint density at radius 2 is 1.76 bits per heavy atom. The molecule has 0 N–H and O–H groups in total. The number of halogens is 4. The third kappa shape index (κ3) is 5.44. The molecule has 2 fully saturated rings. The summed E-state index contributed by atoms with van der Waals surface area (Å²) in [5, 5.41) is 12.2. The van der Waals surface area contributed by atoms with Crippen molar-refractivity contribution in [3.63, 3.8) is 0 Å². The molecule has 2 aromatic carbocycles. The van der Waals surface area contributed by atoms with Crippen LogP contribution in [0.1, 0.15) is 36.8 Å². The van der Waals surface area contributed by atoms with E-state index in [1.54, 1.807) is 0 Å². The second-order valence-electron chi connectivity index (χ2n) is 9.82. The minimum Gasteiger partial charge on any atom is -0.348 e. The Morgan fingerprint density at radius 1 is 1.08 bits per heavy atom. The second-order valence-corrected chi connectivity index (χ2v) is 11.2. The minimum absolute atomic E-state index is 0.0809. The third-order valence-corrected chi connectivity index (χ3v) is 8.92. The van der Waals surface area contributed by atoms with E-state index < -0.39 is 27.9 Å². The quantitative estimate of drug-likeness (QED) is 0.287. The average molecular weight is 553 g/mol. The Labute approximate surface area is 219 Å². The number of non-ortho nitro benzene ring substituents is 1. The van der Waals surface area contributed by atoms with Crippen molar-refractivity contribution in [1.29, 1.82) is 0 Å². The van der Waals surface area contributed by atoms with Crippen molar-refractivity contribution in [2.24, 2.45) is 5.41 Å². The molecule has 0 atom stereocenters. The lowest BCUT2D eigenvalue weighted by Crippen LogP contribution is -2.46. The van der Waals surface area contributed by atoms with Gasteiger partial charge in [-0.25, -0.2) is 0 Å². The fourth-order valence-electron chi connectivity index (χ4n) is 5.33. The van der Waals surface area contributed by atoms with E-state index in [4.69, 9.17) is 11.6 Å². The summed E-state index contributed by atoms with van der Waals surface area (Å²) in [6.07, 6.45) is -0.913. The number of alkyl halides is 3. The predicted octanol–water partition coefficient (Wildman–Crippen LogP) is 6.12. The van der Waals surface area contributed by atoms with Gasteiger partial charge >= 0.3 is 6.18 Å². The molecule has 3 aromatic rings. The van der Waals surface area contributed by atoms with Crippen molar-refractivity contribution in [3.05, 3.63) is 73.0 Å². The Morgan fingerprint density at radius 3 is 2.38 bits per heavy atom. The zero-order valence-corrected chi connectivity index (χ0v) is 21.3. The van der Waals surface area contributed by atoms with Gasteiger partial charge in [0, 0.05) is 30.7 Å². The van der Waals surface area contributed by atoms with E-state index in [2.05, 4.69) is 16.0 Å². The standard InChI is InChI=1S/C25H24ClF3N4O3S/c26-18-3-1-2-16(12-18)15-31-8-4-24(5-9-31)6-10-32(11-7-24)23-30-22(34)19-13-17(25(27,28)29)14-20(33(35)36)21(19)37-23/h1-3,12-14H,4-11,15H2. The maximum atomic E-state index is 13.2. The molecule has 1 spiro atoms. The highest BCUT2D eigenvalue weighted by Crippen LogP contribution is 2.44. The smallest absolute Gasteiger partial charge is 0.348 e. The van der Waals surface area contributed by atoms with E-state index in [-0.39, 0.29) is 15.5 Å². The molecule has 0 aliphatic carbocycles. The van der Waals surface area contributed by atoms with E-state index in [9.17, 15) is 28.1 Å². The number of nitro groups is 1. The van der Waals surface area contributed by atoms with Crippen molar-refractivity contribution in [2.75, 3.05) is 31.1 Å². The number of aromatic nitrogens is 1. The van der Waals surface area contributed by atoms with Crippen LogP contribution in [0, 0.1) is 15.5 Å². The topological polar surface area (TPSA) is 79.6 Å². The van der Waals surface area contributed by atoms with Gasteiger partial charge in [-0.05, 0) is 68.0 Å². The van der Waals surface area contributed by atoms with E-state index in [1.807, 2.05) is 23.1 Å². The lowest BCUT2D eigenvalue weighted by Gasteiger charge is -2.47. The molecular weight excluding hydrogens is 529 g/mol. The highest BCUT2D eigenvalue weighted by atomic mass is 35.5. The Hall–Kier alpha value is -2.76. The molecular formula is C25H24ClF3N4O3S. The molecule has 5 rings (SSSR count). The third-order valence-electron chi connectivity index (χ3n) is 7.52. The number of hydrogen-bond acceptors (Lipinski definition) is 7. The fourth-order valence-corrected chi connectivity index (χ4v) is 6.66. The number of fused-ring (bicyclic) bond motifs is 1. The van der Waals surface area contributed by atoms with Crippen molar-refractivity contribution < 1.29 is 18.1 Å². The van der Waals surface area contributed by atoms with E-state index in [0.717, 1.165) is 61.7 Å². The first-order valence-electron chi connectivity index (χ1n) is 12.0. The van der Waals surface area contributed by atoms with Crippen LogP contribution in [0.15, 0.2) is 41.2 Å². The van der Waals surface area contributed by atoms with Crippen LogP contribution in [0.5, 0.6) is 0 Å². The number of likely N-dealkylation sites (tertiary alicyclic amines) is 1. The minimum atomic E-state index is -4.81. The highest BCUT2D eigenvalue weighted by Gasteiger charge is 2.39. The highest BCUT2D eigenvalue weighted by molar-refractivity contribution is 7.22. The summed E-state index contributed by atoms with van der Waals surface area (Å²) in [6, 6.07) is 9.03. The largest absolute Gasteiger partial charge is 0.416 e. The Kier molecular flexibility index (Phi) is 6.88. The van der Waals surface area contributed by atoms with Crippen LogP contribution in [0.2, 0.25) is 5.02 Å². The Balaban J connectivity index is 1.30. The number of piperidine rings is 2. The van der Waals surface area contributed by atoms with Gasteiger partial charge in [0.1, 0.15) is 4.70 Å². The molecule has 3 heterocycles. The second kappa shape index (κ2) is 9.85. The zero-order valence-electron chi connectivity index (χ0n) is 19.8. The van der Waals surface area contributed by atoms with Gasteiger partial charge in [-0.15, -0.1) is 0 Å². The summed E-state index contributed by atoms with van der Waals surface area (Å²) in [5.74, 6) is 0. The van der Waals surface area contributed by atoms with Crippen molar-refractivity contribution in [1.82, 2.24) is 9.88 Å². The molecule has 2 saturated heterocycles. The zero-order chi connectivity index (χ0) is 26.4. The average Bonchev–Trinajstić information content (AvgIpc) is 2.85. The molecule has 7 nitrogen and oxygen atoms in total. The van der Waals surface area contributed by atoms with E-state index in [1.165, 1.54) is 5.56 Å². The lowest BCUT2D eigenvalue weighted by molar-refractivity contribution is -0.383. The van der Waals surface area contributed by atoms with Gasteiger partial charge < -0.3 is 4.90 Å². The van der Waals surface area contributed by atoms with Gasteiger partial charge in [0.25, 0.3) is 11.2 Å². The predicted molar refractivity (Wildman–Crippen MR) is 137 cm³/mol. The number of benzene rings is 2. The van der Waals surface area contributed by atoms with Crippen LogP contribution in [-0.2, 0) is 12.7 Å². The van der Waals surface area contributed by atoms with Crippen LogP contribution < -0.4 is 10.5 Å². The van der Waals surface area contributed by atoms with Gasteiger partial charge in [-0.3, -0.25) is 19.8 Å². The van der Waals surface area contributed by atoms with Gasteiger partial charge in [0.2, 0.25) is 0 Å². The van der Waals surface area contributed by atoms with Gasteiger partial charge in [0.15, 0.2) is 5.13 Å². The van der Waals surface area contributed by atoms with E-state index >= 15 is 0 Å². The van der Waals surface area contributed by atoms with Crippen molar-refractivity contribution in [3.8, 4) is 0 Å². The van der Waals surface area contributed by atoms with Gasteiger partial charge in [0.05, 0.1) is 15.9 Å². The van der Waals surface area contributed by atoms with Crippen LogP contribution in [0.25, 0.3) is 10.1 Å². The molecule has 1 aromatic heterocycles. The van der Waals surface area contributed by atoms with Gasteiger partial charge in [-0.1, -0.05) is 35.1 Å². The van der Waals surface area contributed by atoms with Gasteiger partial charge in [-0.2, -0.15) is 18.2 Å². The summed E-state index contributed by atoms with van der Waals surface area (Å²) in [7, 11) is 0. The maximum Gasteiger partial charge on any atom is 0.416 e. The summed E-state index contributed by atoms with van der Waals surface area (Å²) < 4.78 is 39.6. The molecule has 196 valence electrons. The fraction of sp³-hybridized carbons (Fsp3) is 0.440. The molecule has 37 heavy (non-hydrogen) atoms. The molecule has 0 amide bonds. The molecule has 0 saturated carbocycles. The number of rotatable bonds is 4. The number of nitro benzene ring substituents is 1. The molecule has 2 aliphatic rings. The normalized spacial score (nSPS) is 18.4. The van der Waals surface area contributed by atoms with Crippen molar-refractivity contribution in [2.45, 2.75) is 38.4 Å². The van der Waals surface area contributed by atoms with E-state index in [0.29, 0.717) is 30.4 Å². The number of nitrogens with zero attached hydrogens (tertiary/aromatic N) is 4. The summed E-state index contributed by atoms with van der Waals surface area (Å²) >= 11 is 7.02. The molecule has 12 heteroatoms. The van der Waals surface area contributed by atoms with Crippen LogP contribution in [0.3, 0.4) is 0 Å². The SMILES string of the molecule is O=c1nc(N2CCC3(CCN(Cc4cccc(Cl)c4)CC3)CC2)sc2c([N+](=O)[O-])cc(C(F)(F)F)cc12. The first-order valence-corrected chi connectivity index (χ1v) is 13.1. The lowest BCUT2D eigenvalue weighted by atomic mass is 9.71. The molecule has 0 radical (unpaired) electrons. The van der Waals surface area contributed by atoms with Crippen LogP contribution in [0.4, 0.5) is 24.0 Å². The summed E-state index contributed by atoms with van der Waals surface area (Å²) in [6.45, 7) is 4.07. The summed E-state index contributed by atoms with van der Waals surface area (Å²) in [4.78, 5) is 31.7.